The molecule has 0 aliphatic carbocycles. The van der Waals surface area contributed by atoms with E-state index in [4.69, 9.17) is 10.5 Å². The highest BCUT2D eigenvalue weighted by molar-refractivity contribution is 6.05. The van der Waals surface area contributed by atoms with E-state index < -0.39 is 0 Å². The van der Waals surface area contributed by atoms with Crippen LogP contribution in [0.5, 0.6) is 5.75 Å². The van der Waals surface area contributed by atoms with Crippen molar-refractivity contribution in [2.45, 2.75) is 6.92 Å². The van der Waals surface area contributed by atoms with Gasteiger partial charge < -0.3 is 15.8 Å². The molecule has 3 N–H and O–H groups in total. The first kappa shape index (κ1) is 13.0. The molecule has 0 unspecified atom stereocenters. The molecule has 0 atom stereocenters. The van der Waals surface area contributed by atoms with Gasteiger partial charge in [-0.1, -0.05) is 18.2 Å². The number of carbonyl (C=O) groups excluding carboxylic acids is 1. The zero-order chi connectivity index (χ0) is 13.8. The van der Waals surface area contributed by atoms with Crippen LogP contribution in [0.3, 0.4) is 0 Å². The topological polar surface area (TPSA) is 64.3 Å². The fourth-order valence-corrected chi connectivity index (χ4v) is 1.74. The van der Waals surface area contributed by atoms with E-state index in [1.165, 1.54) is 0 Å². The monoisotopic (exact) mass is 256 g/mol. The second-order valence-electron chi connectivity index (χ2n) is 4.21. The van der Waals surface area contributed by atoms with Crippen molar-refractivity contribution in [3.8, 4) is 5.75 Å². The van der Waals surface area contributed by atoms with Crippen molar-refractivity contribution >= 4 is 17.3 Å². The van der Waals surface area contributed by atoms with Crippen LogP contribution in [-0.2, 0) is 0 Å². The number of rotatable bonds is 3. The molecule has 0 heterocycles. The molecule has 2 aromatic carbocycles. The molecule has 0 fully saturated rings. The van der Waals surface area contributed by atoms with Gasteiger partial charge in [0.25, 0.3) is 5.91 Å². The molecule has 2 aromatic rings. The number of nitrogens with one attached hydrogen (secondary N) is 1. The first-order valence-corrected chi connectivity index (χ1v) is 5.92. The Morgan fingerprint density at radius 1 is 1.21 bits per heavy atom. The van der Waals surface area contributed by atoms with Gasteiger partial charge in [-0.25, -0.2) is 0 Å². The average Bonchev–Trinajstić information content (AvgIpc) is 2.44. The third-order valence-electron chi connectivity index (χ3n) is 2.94. The van der Waals surface area contributed by atoms with Gasteiger partial charge in [0.05, 0.1) is 7.11 Å². The highest BCUT2D eigenvalue weighted by Crippen LogP contribution is 2.28. The van der Waals surface area contributed by atoms with E-state index in [1.807, 2.05) is 25.1 Å². The summed E-state index contributed by atoms with van der Waals surface area (Å²) in [5.74, 6) is 0.447. The number of hydrogen-bond donors (Lipinski definition) is 2. The quantitative estimate of drug-likeness (QED) is 0.830. The van der Waals surface area contributed by atoms with E-state index in [0.29, 0.717) is 22.7 Å². The minimum atomic E-state index is -0.170. The summed E-state index contributed by atoms with van der Waals surface area (Å²) in [5, 5.41) is 2.84. The van der Waals surface area contributed by atoms with Crippen molar-refractivity contribution in [2.24, 2.45) is 0 Å². The molecule has 4 nitrogen and oxygen atoms in total. The van der Waals surface area contributed by atoms with E-state index in [-0.39, 0.29) is 5.91 Å². The number of amides is 1. The third-order valence-corrected chi connectivity index (χ3v) is 2.94. The van der Waals surface area contributed by atoms with Crippen molar-refractivity contribution in [2.75, 3.05) is 18.2 Å². The summed E-state index contributed by atoms with van der Waals surface area (Å²) in [4.78, 5) is 12.1. The Bertz CT molecular complexity index is 595. The molecule has 0 spiro atoms. The van der Waals surface area contributed by atoms with E-state index in [9.17, 15) is 4.79 Å². The molecular formula is C15H16N2O2. The average molecular weight is 256 g/mol. The van der Waals surface area contributed by atoms with Gasteiger partial charge in [0, 0.05) is 29.1 Å². The van der Waals surface area contributed by atoms with Crippen LogP contribution in [-0.4, -0.2) is 13.0 Å². The number of benzene rings is 2. The summed E-state index contributed by atoms with van der Waals surface area (Å²) in [6, 6.07) is 12.5. The Kier molecular flexibility index (Phi) is 3.71. The molecule has 0 aromatic heterocycles. The van der Waals surface area contributed by atoms with Crippen LogP contribution in [0.15, 0.2) is 42.5 Å². The maximum absolute atomic E-state index is 12.1. The standard InChI is InChI=1S/C15H16N2O2/c1-10-13(16)8-12(19-2)9-14(10)17-15(18)11-6-4-3-5-7-11/h3-9H,16H2,1-2H3,(H,17,18). The van der Waals surface area contributed by atoms with Crippen molar-refractivity contribution in [3.63, 3.8) is 0 Å². The van der Waals surface area contributed by atoms with Crippen molar-refractivity contribution in [1.82, 2.24) is 0 Å². The maximum Gasteiger partial charge on any atom is 0.255 e. The van der Waals surface area contributed by atoms with Crippen LogP contribution in [0, 0.1) is 6.92 Å². The summed E-state index contributed by atoms with van der Waals surface area (Å²) in [5.41, 5.74) is 8.55. The van der Waals surface area contributed by atoms with Gasteiger partial charge in [-0.15, -0.1) is 0 Å². The predicted molar refractivity (Wildman–Crippen MR) is 76.5 cm³/mol. The number of hydrogen-bond acceptors (Lipinski definition) is 3. The van der Waals surface area contributed by atoms with E-state index in [0.717, 1.165) is 5.56 Å². The van der Waals surface area contributed by atoms with Crippen molar-refractivity contribution in [1.29, 1.82) is 0 Å². The first-order chi connectivity index (χ1) is 9.11. The Morgan fingerprint density at radius 2 is 1.89 bits per heavy atom. The third kappa shape index (κ3) is 2.85. The van der Waals surface area contributed by atoms with Gasteiger partial charge in [-0.3, -0.25) is 4.79 Å². The lowest BCUT2D eigenvalue weighted by molar-refractivity contribution is 0.102. The molecule has 0 aliphatic rings. The lowest BCUT2D eigenvalue weighted by atomic mass is 10.1. The molecule has 98 valence electrons. The predicted octanol–water partition coefficient (Wildman–Crippen LogP) is 2.84. The van der Waals surface area contributed by atoms with Crippen LogP contribution >= 0.6 is 0 Å². The fourth-order valence-electron chi connectivity index (χ4n) is 1.74. The Morgan fingerprint density at radius 3 is 2.53 bits per heavy atom. The van der Waals surface area contributed by atoms with Gasteiger partial charge in [-0.05, 0) is 24.6 Å². The zero-order valence-electron chi connectivity index (χ0n) is 10.9. The zero-order valence-corrected chi connectivity index (χ0v) is 10.9. The Hall–Kier alpha value is -2.49. The van der Waals surface area contributed by atoms with Gasteiger partial charge in [-0.2, -0.15) is 0 Å². The normalized spacial score (nSPS) is 10.0. The molecule has 2 rings (SSSR count). The van der Waals surface area contributed by atoms with Gasteiger partial charge >= 0.3 is 0 Å². The smallest absolute Gasteiger partial charge is 0.255 e. The SMILES string of the molecule is COc1cc(N)c(C)c(NC(=O)c2ccccc2)c1. The molecule has 19 heavy (non-hydrogen) atoms. The van der Waals surface area contributed by atoms with Crippen molar-refractivity contribution in [3.05, 3.63) is 53.6 Å². The first-order valence-electron chi connectivity index (χ1n) is 5.92. The highest BCUT2D eigenvalue weighted by atomic mass is 16.5. The van der Waals surface area contributed by atoms with Gasteiger partial charge in [0.2, 0.25) is 0 Å². The molecule has 4 heteroatoms. The Balaban J connectivity index is 2.29. The van der Waals surface area contributed by atoms with E-state index in [2.05, 4.69) is 5.32 Å². The van der Waals surface area contributed by atoms with Gasteiger partial charge in [0.1, 0.15) is 5.75 Å². The van der Waals surface area contributed by atoms with Crippen molar-refractivity contribution < 1.29 is 9.53 Å². The summed E-state index contributed by atoms with van der Waals surface area (Å²) >= 11 is 0. The summed E-state index contributed by atoms with van der Waals surface area (Å²) in [6.07, 6.45) is 0. The molecule has 0 saturated heterocycles. The maximum atomic E-state index is 12.1. The van der Waals surface area contributed by atoms with Crippen LogP contribution in [0.4, 0.5) is 11.4 Å². The van der Waals surface area contributed by atoms with Crippen LogP contribution in [0.2, 0.25) is 0 Å². The molecular weight excluding hydrogens is 240 g/mol. The van der Waals surface area contributed by atoms with E-state index in [1.54, 1.807) is 31.4 Å². The molecule has 0 radical (unpaired) electrons. The van der Waals surface area contributed by atoms with Crippen LogP contribution in [0.25, 0.3) is 0 Å². The lowest BCUT2D eigenvalue weighted by Gasteiger charge is -2.12. The molecule has 0 bridgehead atoms. The lowest BCUT2D eigenvalue weighted by Crippen LogP contribution is -2.13. The minimum absolute atomic E-state index is 0.170. The highest BCUT2D eigenvalue weighted by Gasteiger charge is 2.10. The minimum Gasteiger partial charge on any atom is -0.497 e. The number of nitrogen functional groups attached to an aromatic ring is 1. The second kappa shape index (κ2) is 5.44. The number of carbonyl (C=O) groups is 1. The number of anilines is 2. The molecule has 1 amide bonds. The van der Waals surface area contributed by atoms with Gasteiger partial charge in [0.15, 0.2) is 0 Å². The largest absolute Gasteiger partial charge is 0.497 e. The number of methoxy groups -OCH3 is 1. The van der Waals surface area contributed by atoms with Crippen LogP contribution < -0.4 is 15.8 Å². The molecule has 0 aliphatic heterocycles. The summed E-state index contributed by atoms with van der Waals surface area (Å²) in [7, 11) is 1.56. The number of nitrogens with two attached hydrogens (primary N) is 1. The second-order valence-corrected chi connectivity index (χ2v) is 4.21. The Labute approximate surface area is 112 Å². The fraction of sp³-hybridized carbons (Fsp3) is 0.133. The number of ether oxygens (including phenoxy) is 1. The summed E-state index contributed by atoms with van der Waals surface area (Å²) in [6.45, 7) is 1.86. The summed E-state index contributed by atoms with van der Waals surface area (Å²) < 4.78 is 5.15. The van der Waals surface area contributed by atoms with Crippen LogP contribution in [0.1, 0.15) is 15.9 Å². The van der Waals surface area contributed by atoms with E-state index >= 15 is 0 Å². The molecule has 0 saturated carbocycles.